The number of nitrogens with zero attached hydrogens (tertiary/aromatic N) is 1. The smallest absolute Gasteiger partial charge is 0.191 e. The molecule has 0 radical (unpaired) electrons. The van der Waals surface area contributed by atoms with Gasteiger partial charge in [-0.3, -0.25) is 0 Å². The van der Waals surface area contributed by atoms with Crippen molar-refractivity contribution in [3.05, 3.63) is 52.7 Å². The van der Waals surface area contributed by atoms with Crippen LogP contribution in [0.1, 0.15) is 30.1 Å². The van der Waals surface area contributed by atoms with Gasteiger partial charge in [0, 0.05) is 11.9 Å². The first-order valence-corrected chi connectivity index (χ1v) is 6.46. The molecule has 0 amide bonds. The van der Waals surface area contributed by atoms with Crippen molar-refractivity contribution in [1.29, 1.82) is 0 Å². The summed E-state index contributed by atoms with van der Waals surface area (Å²) in [5.74, 6) is 0.698. The summed E-state index contributed by atoms with van der Waals surface area (Å²) in [5, 5.41) is 4.18. The summed E-state index contributed by atoms with van der Waals surface area (Å²) in [4.78, 5) is 4.39. The van der Waals surface area contributed by atoms with Gasteiger partial charge < -0.3 is 9.73 Å². The fraction of sp³-hybridized carbons (Fsp3) is 0.357. The van der Waals surface area contributed by atoms with E-state index in [1.807, 2.05) is 31.2 Å². The van der Waals surface area contributed by atoms with Crippen LogP contribution in [0.2, 0.25) is 5.02 Å². The van der Waals surface area contributed by atoms with Crippen molar-refractivity contribution in [3.63, 3.8) is 0 Å². The standard InChI is InChI=1S/C14H17ClN2O/c1-3-16-13(14-9-18-10(2)17-14)8-11-4-6-12(15)7-5-11/h4-7,9,13,16H,3,8H2,1-2H3. The van der Waals surface area contributed by atoms with Crippen LogP contribution < -0.4 is 5.32 Å². The lowest BCUT2D eigenvalue weighted by Gasteiger charge is -2.15. The van der Waals surface area contributed by atoms with Crippen molar-refractivity contribution in [1.82, 2.24) is 10.3 Å². The minimum Gasteiger partial charge on any atom is -0.449 e. The van der Waals surface area contributed by atoms with Crippen LogP contribution in [0.15, 0.2) is 34.9 Å². The summed E-state index contributed by atoms with van der Waals surface area (Å²) < 4.78 is 5.28. The lowest BCUT2D eigenvalue weighted by Crippen LogP contribution is -2.23. The minimum absolute atomic E-state index is 0.175. The van der Waals surface area contributed by atoms with Crippen LogP contribution in [-0.2, 0) is 6.42 Å². The van der Waals surface area contributed by atoms with Crippen molar-refractivity contribution in [2.45, 2.75) is 26.3 Å². The molecule has 0 aliphatic heterocycles. The Labute approximate surface area is 112 Å². The molecule has 0 bridgehead atoms. The van der Waals surface area contributed by atoms with E-state index in [9.17, 15) is 0 Å². The fourth-order valence-corrected chi connectivity index (χ4v) is 2.05. The lowest BCUT2D eigenvalue weighted by atomic mass is 10.0. The summed E-state index contributed by atoms with van der Waals surface area (Å²) >= 11 is 5.89. The van der Waals surface area contributed by atoms with E-state index in [1.165, 1.54) is 5.56 Å². The van der Waals surface area contributed by atoms with E-state index < -0.39 is 0 Å². The number of hydrogen-bond acceptors (Lipinski definition) is 3. The van der Waals surface area contributed by atoms with Crippen molar-refractivity contribution in [2.75, 3.05) is 6.54 Å². The van der Waals surface area contributed by atoms with Gasteiger partial charge in [-0.15, -0.1) is 0 Å². The molecular weight excluding hydrogens is 248 g/mol. The largest absolute Gasteiger partial charge is 0.449 e. The van der Waals surface area contributed by atoms with Gasteiger partial charge in [-0.1, -0.05) is 30.7 Å². The first-order chi connectivity index (χ1) is 8.69. The Kier molecular flexibility index (Phi) is 4.39. The number of rotatable bonds is 5. The number of aryl methyl sites for hydroxylation is 1. The Morgan fingerprint density at radius 2 is 2.06 bits per heavy atom. The van der Waals surface area contributed by atoms with Crippen molar-refractivity contribution in [3.8, 4) is 0 Å². The second-order valence-corrected chi connectivity index (χ2v) is 4.67. The lowest BCUT2D eigenvalue weighted by molar-refractivity contribution is 0.510. The normalized spacial score (nSPS) is 12.6. The highest BCUT2D eigenvalue weighted by Crippen LogP contribution is 2.19. The maximum atomic E-state index is 5.89. The number of likely N-dealkylation sites (N-methyl/N-ethyl adjacent to an activating group) is 1. The molecule has 4 heteroatoms. The predicted molar refractivity (Wildman–Crippen MR) is 72.8 cm³/mol. The quantitative estimate of drug-likeness (QED) is 0.898. The van der Waals surface area contributed by atoms with E-state index in [0.29, 0.717) is 5.89 Å². The summed E-state index contributed by atoms with van der Waals surface area (Å²) in [5.41, 5.74) is 2.18. The molecule has 1 atom stereocenters. The maximum Gasteiger partial charge on any atom is 0.191 e. The molecule has 1 aromatic carbocycles. The second-order valence-electron chi connectivity index (χ2n) is 4.23. The van der Waals surface area contributed by atoms with Crippen LogP contribution >= 0.6 is 11.6 Å². The molecule has 2 aromatic rings. The fourth-order valence-electron chi connectivity index (χ4n) is 1.92. The molecule has 2 rings (SSSR count). The molecule has 96 valence electrons. The Hall–Kier alpha value is -1.32. The highest BCUT2D eigenvalue weighted by atomic mass is 35.5. The summed E-state index contributed by atoms with van der Waals surface area (Å²) in [6.45, 7) is 4.83. The van der Waals surface area contributed by atoms with E-state index in [-0.39, 0.29) is 6.04 Å². The highest BCUT2D eigenvalue weighted by molar-refractivity contribution is 6.30. The summed E-state index contributed by atoms with van der Waals surface area (Å²) in [7, 11) is 0. The van der Waals surface area contributed by atoms with E-state index >= 15 is 0 Å². The topological polar surface area (TPSA) is 38.1 Å². The highest BCUT2D eigenvalue weighted by Gasteiger charge is 2.14. The summed E-state index contributed by atoms with van der Waals surface area (Å²) in [6, 6.07) is 8.08. The van der Waals surface area contributed by atoms with Crippen LogP contribution in [0, 0.1) is 6.92 Å². The zero-order valence-electron chi connectivity index (χ0n) is 10.6. The average Bonchev–Trinajstić information content (AvgIpc) is 2.78. The molecule has 0 aliphatic rings. The Morgan fingerprint density at radius 1 is 1.33 bits per heavy atom. The maximum absolute atomic E-state index is 5.89. The van der Waals surface area contributed by atoms with Gasteiger partial charge in [-0.05, 0) is 30.7 Å². The van der Waals surface area contributed by atoms with Crippen LogP contribution in [0.4, 0.5) is 0 Å². The van der Waals surface area contributed by atoms with Crippen LogP contribution in [0.25, 0.3) is 0 Å². The average molecular weight is 265 g/mol. The zero-order valence-corrected chi connectivity index (χ0v) is 11.4. The van der Waals surface area contributed by atoms with Gasteiger partial charge in [0.25, 0.3) is 0 Å². The zero-order chi connectivity index (χ0) is 13.0. The SMILES string of the molecule is CCNC(Cc1ccc(Cl)cc1)c1coc(C)n1. The van der Waals surface area contributed by atoms with Gasteiger partial charge in [0.05, 0.1) is 11.7 Å². The molecule has 18 heavy (non-hydrogen) atoms. The van der Waals surface area contributed by atoms with E-state index in [2.05, 4.69) is 17.2 Å². The predicted octanol–water partition coefficient (Wildman–Crippen LogP) is 3.53. The van der Waals surface area contributed by atoms with Crippen molar-refractivity contribution >= 4 is 11.6 Å². The molecule has 0 spiro atoms. The molecule has 1 unspecified atom stereocenters. The van der Waals surface area contributed by atoms with Gasteiger partial charge in [0.1, 0.15) is 6.26 Å². The third kappa shape index (κ3) is 3.34. The van der Waals surface area contributed by atoms with Crippen molar-refractivity contribution in [2.24, 2.45) is 0 Å². The molecule has 0 saturated carbocycles. The minimum atomic E-state index is 0.175. The number of hydrogen-bond donors (Lipinski definition) is 1. The first-order valence-electron chi connectivity index (χ1n) is 6.09. The molecule has 0 fully saturated rings. The van der Waals surface area contributed by atoms with Gasteiger partial charge in [-0.25, -0.2) is 4.98 Å². The van der Waals surface area contributed by atoms with E-state index in [4.69, 9.17) is 16.0 Å². The molecule has 1 aromatic heterocycles. The van der Waals surface area contributed by atoms with Gasteiger partial charge in [0.15, 0.2) is 5.89 Å². The number of benzene rings is 1. The van der Waals surface area contributed by atoms with Crippen molar-refractivity contribution < 1.29 is 4.42 Å². The van der Waals surface area contributed by atoms with E-state index in [0.717, 1.165) is 23.7 Å². The second kappa shape index (κ2) is 6.03. The molecule has 3 nitrogen and oxygen atoms in total. The van der Waals surface area contributed by atoms with Crippen LogP contribution in [-0.4, -0.2) is 11.5 Å². The number of aromatic nitrogens is 1. The molecular formula is C14H17ClN2O. The van der Waals surface area contributed by atoms with Gasteiger partial charge in [0.2, 0.25) is 0 Å². The Morgan fingerprint density at radius 3 is 2.61 bits per heavy atom. The molecule has 1 N–H and O–H groups in total. The summed E-state index contributed by atoms with van der Waals surface area (Å²) in [6.07, 6.45) is 2.59. The van der Waals surface area contributed by atoms with Gasteiger partial charge >= 0.3 is 0 Å². The van der Waals surface area contributed by atoms with Crippen LogP contribution in [0.5, 0.6) is 0 Å². The molecule has 0 aliphatic carbocycles. The molecule has 0 saturated heterocycles. The van der Waals surface area contributed by atoms with E-state index in [1.54, 1.807) is 6.26 Å². The molecule has 1 heterocycles. The Balaban J connectivity index is 2.13. The monoisotopic (exact) mass is 264 g/mol. The first kappa shape index (κ1) is 13.1. The van der Waals surface area contributed by atoms with Crippen LogP contribution in [0.3, 0.4) is 0 Å². The number of nitrogens with one attached hydrogen (secondary N) is 1. The third-order valence-corrected chi connectivity index (χ3v) is 3.05. The van der Waals surface area contributed by atoms with Gasteiger partial charge in [-0.2, -0.15) is 0 Å². The number of halogens is 1. The number of oxazole rings is 1. The Bertz CT molecular complexity index is 493. The third-order valence-electron chi connectivity index (χ3n) is 2.80.